The second kappa shape index (κ2) is 8.49. The third-order valence-electron chi connectivity index (χ3n) is 5.59. The number of carbonyl (C=O) groups is 2. The van der Waals surface area contributed by atoms with Crippen LogP contribution in [-0.2, 0) is 26.9 Å². The van der Waals surface area contributed by atoms with Gasteiger partial charge in [-0.15, -0.1) is 0 Å². The van der Waals surface area contributed by atoms with Crippen LogP contribution in [0, 0.1) is 0 Å². The third kappa shape index (κ3) is 4.10. The van der Waals surface area contributed by atoms with Crippen LogP contribution < -0.4 is 5.32 Å². The molecule has 1 N–H and O–H groups in total. The fourth-order valence-corrected chi connectivity index (χ4v) is 4.14. The van der Waals surface area contributed by atoms with Crippen LogP contribution in [0.5, 0.6) is 0 Å². The fourth-order valence-electron chi connectivity index (χ4n) is 4.14. The first kappa shape index (κ1) is 21.6. The van der Waals surface area contributed by atoms with Crippen molar-refractivity contribution in [3.8, 4) is 11.1 Å². The molecular formula is C25H20F3NO3. The van der Waals surface area contributed by atoms with E-state index in [0.29, 0.717) is 0 Å². The van der Waals surface area contributed by atoms with Crippen LogP contribution in [0.25, 0.3) is 11.1 Å². The Labute approximate surface area is 183 Å². The van der Waals surface area contributed by atoms with Gasteiger partial charge in [-0.25, -0.2) is 4.79 Å². The van der Waals surface area contributed by atoms with Gasteiger partial charge in [0.05, 0.1) is 18.6 Å². The first-order chi connectivity index (χ1) is 15.3. The summed E-state index contributed by atoms with van der Waals surface area (Å²) in [5, 5.41) is 2.70. The van der Waals surface area contributed by atoms with Crippen molar-refractivity contribution in [1.29, 1.82) is 0 Å². The van der Waals surface area contributed by atoms with E-state index in [9.17, 15) is 22.8 Å². The zero-order valence-electron chi connectivity index (χ0n) is 17.1. The Morgan fingerprint density at radius 3 is 2.09 bits per heavy atom. The van der Waals surface area contributed by atoms with Gasteiger partial charge in [-0.3, -0.25) is 4.79 Å². The molecule has 1 aliphatic carbocycles. The van der Waals surface area contributed by atoms with E-state index in [4.69, 9.17) is 4.74 Å². The van der Waals surface area contributed by atoms with E-state index in [2.05, 4.69) is 5.32 Å². The molecule has 32 heavy (non-hydrogen) atoms. The van der Waals surface area contributed by atoms with Crippen molar-refractivity contribution >= 4 is 11.9 Å². The number of carbonyl (C=O) groups excluding carboxylic acids is 2. The van der Waals surface area contributed by atoms with Crippen LogP contribution in [0.2, 0.25) is 0 Å². The molecule has 0 saturated carbocycles. The number of halogens is 3. The van der Waals surface area contributed by atoms with Gasteiger partial charge >= 0.3 is 12.1 Å². The molecular weight excluding hydrogens is 419 g/mol. The topological polar surface area (TPSA) is 55.4 Å². The predicted octanol–water partition coefficient (Wildman–Crippen LogP) is 4.72. The van der Waals surface area contributed by atoms with Crippen molar-refractivity contribution in [2.75, 3.05) is 7.11 Å². The van der Waals surface area contributed by atoms with Crippen molar-refractivity contribution < 1.29 is 27.5 Å². The molecule has 4 rings (SSSR count). The summed E-state index contributed by atoms with van der Waals surface area (Å²) in [4.78, 5) is 25.7. The summed E-state index contributed by atoms with van der Waals surface area (Å²) in [6.07, 6.45) is -4.63. The summed E-state index contributed by atoms with van der Waals surface area (Å²) >= 11 is 0. The van der Waals surface area contributed by atoms with Crippen LogP contribution in [0.4, 0.5) is 13.2 Å². The number of ether oxygens (including phenoxy) is 1. The highest BCUT2D eigenvalue weighted by molar-refractivity contribution is 5.97. The Bertz CT molecular complexity index is 1130. The van der Waals surface area contributed by atoms with Gasteiger partial charge in [-0.05, 0) is 33.9 Å². The molecule has 1 amide bonds. The standard InChI is InChI=1S/C25H20F3NO3/c1-32-24(31)21(14-15-7-6-8-16(13-15)25(26,27)28)29-23(30)22-19-11-4-2-9-17(19)18-10-3-5-12-20(18)22/h2-13,21-22H,14H2,1H3,(H,29,30)/t21-/m1/s1. The Kier molecular flexibility index (Phi) is 5.74. The molecule has 0 unspecified atom stereocenters. The van der Waals surface area contributed by atoms with Gasteiger partial charge in [0.25, 0.3) is 0 Å². The number of hydrogen-bond acceptors (Lipinski definition) is 3. The van der Waals surface area contributed by atoms with E-state index < -0.39 is 35.6 Å². The average Bonchev–Trinajstić information content (AvgIpc) is 3.12. The molecule has 0 radical (unpaired) electrons. The maximum Gasteiger partial charge on any atom is 0.416 e. The number of alkyl halides is 3. The maximum atomic E-state index is 13.3. The molecule has 1 aliphatic rings. The van der Waals surface area contributed by atoms with Crippen molar-refractivity contribution in [2.24, 2.45) is 0 Å². The van der Waals surface area contributed by atoms with E-state index in [-0.39, 0.29) is 12.0 Å². The monoisotopic (exact) mass is 439 g/mol. The second-order valence-electron chi connectivity index (χ2n) is 7.59. The number of amides is 1. The molecule has 0 fully saturated rings. The fraction of sp³-hybridized carbons (Fsp3) is 0.200. The van der Waals surface area contributed by atoms with Gasteiger partial charge in [0.2, 0.25) is 5.91 Å². The van der Waals surface area contributed by atoms with Gasteiger partial charge < -0.3 is 10.1 Å². The molecule has 0 aromatic heterocycles. The number of nitrogens with one attached hydrogen (secondary N) is 1. The molecule has 0 heterocycles. The Morgan fingerprint density at radius 1 is 0.938 bits per heavy atom. The zero-order valence-corrected chi connectivity index (χ0v) is 17.1. The first-order valence-electron chi connectivity index (χ1n) is 10.0. The third-order valence-corrected chi connectivity index (χ3v) is 5.59. The van der Waals surface area contributed by atoms with Gasteiger partial charge in [0, 0.05) is 6.42 Å². The lowest BCUT2D eigenvalue weighted by Gasteiger charge is -2.21. The molecule has 7 heteroatoms. The van der Waals surface area contributed by atoms with Gasteiger partial charge in [0.1, 0.15) is 6.04 Å². The van der Waals surface area contributed by atoms with E-state index in [0.717, 1.165) is 34.4 Å². The lowest BCUT2D eigenvalue weighted by Crippen LogP contribution is -2.45. The minimum atomic E-state index is -4.50. The largest absolute Gasteiger partial charge is 0.467 e. The van der Waals surface area contributed by atoms with Gasteiger partial charge in [-0.2, -0.15) is 13.2 Å². The minimum Gasteiger partial charge on any atom is -0.467 e. The molecule has 0 bridgehead atoms. The summed E-state index contributed by atoms with van der Waals surface area (Å²) in [6.45, 7) is 0. The van der Waals surface area contributed by atoms with Crippen LogP contribution in [0.3, 0.4) is 0 Å². The highest BCUT2D eigenvalue weighted by atomic mass is 19.4. The van der Waals surface area contributed by atoms with Crippen molar-refractivity contribution in [1.82, 2.24) is 5.32 Å². The maximum absolute atomic E-state index is 13.3. The predicted molar refractivity (Wildman–Crippen MR) is 113 cm³/mol. The molecule has 1 atom stereocenters. The van der Waals surface area contributed by atoms with E-state index in [1.54, 1.807) is 0 Å². The minimum absolute atomic E-state index is 0.127. The number of methoxy groups -OCH3 is 1. The van der Waals surface area contributed by atoms with Gasteiger partial charge in [0.15, 0.2) is 0 Å². The Balaban J connectivity index is 1.62. The van der Waals surface area contributed by atoms with Crippen LogP contribution >= 0.6 is 0 Å². The highest BCUT2D eigenvalue weighted by Crippen LogP contribution is 2.44. The number of benzene rings is 3. The smallest absolute Gasteiger partial charge is 0.416 e. The van der Waals surface area contributed by atoms with Crippen molar-refractivity contribution in [2.45, 2.75) is 24.6 Å². The normalized spacial score (nSPS) is 13.8. The molecule has 3 aromatic carbocycles. The highest BCUT2D eigenvalue weighted by Gasteiger charge is 2.36. The van der Waals surface area contributed by atoms with Crippen LogP contribution in [0.1, 0.15) is 28.2 Å². The molecule has 164 valence electrons. The van der Waals surface area contributed by atoms with Crippen molar-refractivity contribution in [3.05, 3.63) is 95.1 Å². The number of hydrogen-bond donors (Lipinski definition) is 1. The summed E-state index contributed by atoms with van der Waals surface area (Å²) in [5.74, 6) is -1.77. The van der Waals surface area contributed by atoms with E-state index in [1.165, 1.54) is 19.2 Å². The summed E-state index contributed by atoms with van der Waals surface area (Å²) < 4.78 is 44.0. The summed E-state index contributed by atoms with van der Waals surface area (Å²) in [5.41, 5.74) is 2.96. The SMILES string of the molecule is COC(=O)[C@@H](Cc1cccc(C(F)(F)F)c1)NC(=O)C1c2ccccc2-c2ccccc21. The van der Waals surface area contributed by atoms with Crippen LogP contribution in [-0.4, -0.2) is 25.0 Å². The lowest BCUT2D eigenvalue weighted by molar-refractivity contribution is -0.145. The lowest BCUT2D eigenvalue weighted by atomic mass is 9.95. The zero-order chi connectivity index (χ0) is 22.9. The number of esters is 1. The van der Waals surface area contributed by atoms with E-state index in [1.807, 2.05) is 48.5 Å². The summed E-state index contributed by atoms with van der Waals surface area (Å²) in [6, 6.07) is 18.6. The van der Waals surface area contributed by atoms with Gasteiger partial charge in [-0.1, -0.05) is 66.7 Å². The number of fused-ring (bicyclic) bond motifs is 3. The quantitative estimate of drug-likeness (QED) is 0.586. The molecule has 4 nitrogen and oxygen atoms in total. The van der Waals surface area contributed by atoms with Crippen molar-refractivity contribution in [3.63, 3.8) is 0 Å². The number of rotatable bonds is 5. The molecule has 3 aromatic rings. The summed E-state index contributed by atoms with van der Waals surface area (Å²) in [7, 11) is 1.17. The average molecular weight is 439 g/mol. The van der Waals surface area contributed by atoms with Crippen LogP contribution in [0.15, 0.2) is 72.8 Å². The van der Waals surface area contributed by atoms with E-state index >= 15 is 0 Å². The Hall–Kier alpha value is -3.61. The molecule has 0 spiro atoms. The second-order valence-corrected chi connectivity index (χ2v) is 7.59. The Morgan fingerprint density at radius 2 is 1.53 bits per heavy atom. The first-order valence-corrected chi connectivity index (χ1v) is 10.0. The molecule has 0 aliphatic heterocycles. The molecule has 0 saturated heterocycles.